The zero-order valence-corrected chi connectivity index (χ0v) is 11.7. The van der Waals surface area contributed by atoms with Crippen LogP contribution in [0.1, 0.15) is 11.1 Å². The number of benzene rings is 1. The van der Waals surface area contributed by atoms with Gasteiger partial charge in [-0.3, -0.25) is 0 Å². The van der Waals surface area contributed by atoms with Crippen molar-refractivity contribution in [1.82, 2.24) is 0 Å². The van der Waals surface area contributed by atoms with E-state index in [4.69, 9.17) is 11.6 Å². The molecule has 0 unspecified atom stereocenters. The molecule has 0 radical (unpaired) electrons. The normalized spacial score (nSPS) is 6.69. The first-order valence-electron chi connectivity index (χ1n) is 2.84. The molecule has 0 aliphatic heterocycles. The van der Waals surface area contributed by atoms with Crippen LogP contribution in [-0.4, -0.2) is 23.1 Å². The molecule has 0 bridgehead atoms. The molecule has 0 saturated carbocycles. The second-order valence-corrected chi connectivity index (χ2v) is 2.60. The topological polar surface area (TPSA) is 0 Å². The predicted octanol–water partition coefficient (Wildman–Crippen LogP) is -6.61. The van der Waals surface area contributed by atoms with E-state index in [1.165, 1.54) is 0 Å². The van der Waals surface area contributed by atoms with Gasteiger partial charge in [0.1, 0.15) is 0 Å². The number of rotatable bonds is 0. The Morgan fingerprint density at radius 1 is 1.08 bits per heavy atom. The van der Waals surface area contributed by atoms with Crippen molar-refractivity contribution in [2.45, 2.75) is 13.8 Å². The van der Waals surface area contributed by atoms with Gasteiger partial charge in [-0.25, -0.2) is 0 Å². The minimum atomic E-state index is 0. The van der Waals surface area contributed by atoms with Crippen molar-refractivity contribution in [1.29, 1.82) is 0 Å². The molecule has 0 N–H and O–H groups in total. The van der Waals surface area contributed by atoms with Gasteiger partial charge in [0.25, 0.3) is 0 Å². The van der Waals surface area contributed by atoms with Gasteiger partial charge in [-0.2, -0.15) is 17.2 Å². The first-order chi connectivity index (χ1) is 4.18. The van der Waals surface area contributed by atoms with E-state index in [9.17, 15) is 0 Å². The molecule has 0 atom stereocenters. The Hall–Kier alpha value is 1.45. The third kappa shape index (κ3) is 9.75. The first kappa shape index (κ1) is 23.9. The van der Waals surface area contributed by atoms with E-state index in [2.05, 4.69) is 6.07 Å². The molecule has 0 nitrogen and oxygen atoms in total. The quantitative estimate of drug-likeness (QED) is 0.313. The molecular weight excluding hydrogens is 234 g/mol. The third-order valence-corrected chi connectivity index (χ3v) is 1.32. The molecule has 0 aliphatic carbocycles. The molecule has 0 saturated heterocycles. The minimum absolute atomic E-state index is 0. The molecule has 1 aromatic rings. The average molecular weight is 242 g/mol. The number of hydrogen-bond donors (Lipinski definition) is 0. The van der Waals surface area contributed by atoms with Crippen LogP contribution in [-0.2, 0) is 0 Å². The first-order valence-corrected chi connectivity index (χ1v) is 3.22. The Labute approximate surface area is 125 Å². The molecule has 64 valence electrons. The van der Waals surface area contributed by atoms with E-state index in [-0.39, 0.29) is 66.7 Å². The summed E-state index contributed by atoms with van der Waals surface area (Å²) in [5.41, 5.74) is 2.19. The van der Waals surface area contributed by atoms with Crippen molar-refractivity contribution < 1.29 is 43.7 Å². The Kier molecular flexibility index (Phi) is 21.2. The molecule has 1 rings (SSSR count). The van der Waals surface area contributed by atoms with E-state index in [1.807, 2.05) is 26.0 Å². The molecular formula is C8H8Cl3LiMg. The van der Waals surface area contributed by atoms with Gasteiger partial charge in [-0.1, -0.05) is 18.9 Å². The van der Waals surface area contributed by atoms with E-state index >= 15 is 0 Å². The largest absolute Gasteiger partial charge is 2.00 e. The monoisotopic (exact) mass is 240 g/mol. The molecule has 1 aromatic carbocycles. The molecule has 0 spiro atoms. The van der Waals surface area contributed by atoms with E-state index in [0.29, 0.717) is 0 Å². The summed E-state index contributed by atoms with van der Waals surface area (Å²) in [4.78, 5) is 0. The van der Waals surface area contributed by atoms with Crippen LogP contribution in [0.4, 0.5) is 0 Å². The van der Waals surface area contributed by atoms with Crippen molar-refractivity contribution in [3.05, 3.63) is 34.3 Å². The van der Waals surface area contributed by atoms with Crippen LogP contribution in [0.2, 0.25) is 5.02 Å². The summed E-state index contributed by atoms with van der Waals surface area (Å²) in [5, 5.41) is 0.795. The van der Waals surface area contributed by atoms with Gasteiger partial charge in [0.15, 0.2) is 0 Å². The molecule has 0 aromatic heterocycles. The molecule has 0 fully saturated rings. The zero-order chi connectivity index (χ0) is 6.85. The average Bonchev–Trinajstić information content (AvgIpc) is 1.59. The Balaban J connectivity index is -0.000000101. The van der Waals surface area contributed by atoms with Crippen molar-refractivity contribution in [3.8, 4) is 0 Å². The van der Waals surface area contributed by atoms with Crippen LogP contribution in [0.15, 0.2) is 12.1 Å². The summed E-state index contributed by atoms with van der Waals surface area (Å²) in [7, 11) is 0. The second kappa shape index (κ2) is 11.5. The van der Waals surface area contributed by atoms with Gasteiger partial charge in [-0.05, 0) is 0 Å². The summed E-state index contributed by atoms with van der Waals surface area (Å²) in [6, 6.07) is 6.92. The third-order valence-electron chi connectivity index (χ3n) is 1.10. The fourth-order valence-corrected chi connectivity index (χ4v) is 1.17. The van der Waals surface area contributed by atoms with Gasteiger partial charge < -0.3 is 24.8 Å². The maximum atomic E-state index is 5.73. The van der Waals surface area contributed by atoms with Crippen molar-refractivity contribution in [2.75, 3.05) is 0 Å². The van der Waals surface area contributed by atoms with Crippen molar-refractivity contribution >= 4 is 34.7 Å². The van der Waals surface area contributed by atoms with Crippen LogP contribution < -0.4 is 43.7 Å². The van der Waals surface area contributed by atoms with Crippen molar-refractivity contribution in [3.63, 3.8) is 0 Å². The Bertz CT molecular complexity index is 180. The molecule has 0 amide bonds. The number of halogens is 3. The molecule has 5 heteroatoms. The summed E-state index contributed by atoms with van der Waals surface area (Å²) in [5.74, 6) is 0. The zero-order valence-electron chi connectivity index (χ0n) is 8.00. The van der Waals surface area contributed by atoms with Gasteiger partial charge in [0.05, 0.1) is 0 Å². The fourth-order valence-electron chi connectivity index (χ4n) is 0.839. The van der Waals surface area contributed by atoms with Crippen LogP contribution >= 0.6 is 11.6 Å². The van der Waals surface area contributed by atoms with Crippen LogP contribution in [0.3, 0.4) is 0 Å². The number of hydrogen-bond acceptors (Lipinski definition) is 0. The second-order valence-electron chi connectivity index (χ2n) is 2.16. The van der Waals surface area contributed by atoms with Crippen LogP contribution in [0.5, 0.6) is 0 Å². The molecule has 0 heterocycles. The van der Waals surface area contributed by atoms with E-state index < -0.39 is 0 Å². The summed E-state index contributed by atoms with van der Waals surface area (Å²) < 4.78 is 0. The molecule has 0 aliphatic rings. The van der Waals surface area contributed by atoms with Gasteiger partial charge in [-0.15, -0.1) is 23.7 Å². The standard InChI is InChI=1S/C8H8Cl.2ClH.Li.Mg/c1-6-3-7(2)5-8(9)4-6;;;;/h4-5H,1-2H3;2*1H;;/q-1;;;+1;+2/p-2. The maximum Gasteiger partial charge on any atom is 2.00 e. The summed E-state index contributed by atoms with van der Waals surface area (Å²) in [6.07, 6.45) is 0. The van der Waals surface area contributed by atoms with Gasteiger partial charge in [0.2, 0.25) is 0 Å². The SMILES string of the molecule is Cc1[c-]c(C)cc(Cl)c1.[Cl-].[Cl-].[Li+].[Mg+2]. The Morgan fingerprint density at radius 2 is 1.38 bits per heavy atom. The van der Waals surface area contributed by atoms with E-state index in [0.717, 1.165) is 16.1 Å². The van der Waals surface area contributed by atoms with E-state index in [1.54, 1.807) is 0 Å². The van der Waals surface area contributed by atoms with Gasteiger partial charge in [0, 0.05) is 0 Å². The summed E-state index contributed by atoms with van der Waals surface area (Å²) in [6.45, 7) is 3.97. The predicted molar refractivity (Wildman–Crippen MR) is 45.5 cm³/mol. The van der Waals surface area contributed by atoms with Crippen LogP contribution in [0.25, 0.3) is 0 Å². The number of aryl methyl sites for hydroxylation is 2. The smallest absolute Gasteiger partial charge is 1.00 e. The molecule has 13 heavy (non-hydrogen) atoms. The fraction of sp³-hybridized carbons (Fsp3) is 0.250. The van der Waals surface area contributed by atoms with Crippen LogP contribution in [0, 0.1) is 19.9 Å². The van der Waals surface area contributed by atoms with Crippen molar-refractivity contribution in [2.24, 2.45) is 0 Å². The summed E-state index contributed by atoms with van der Waals surface area (Å²) >= 11 is 5.73. The Morgan fingerprint density at radius 3 is 1.62 bits per heavy atom. The maximum absolute atomic E-state index is 5.73. The van der Waals surface area contributed by atoms with Gasteiger partial charge >= 0.3 is 41.9 Å². The minimum Gasteiger partial charge on any atom is -1.00 e.